The third kappa shape index (κ3) is 4.01. The lowest BCUT2D eigenvalue weighted by Gasteiger charge is -2.12. The number of nitrogens with zero attached hydrogens (tertiary/aromatic N) is 6. The van der Waals surface area contributed by atoms with Crippen molar-refractivity contribution in [1.29, 1.82) is 0 Å². The zero-order valence-corrected chi connectivity index (χ0v) is 19.1. The molecular weight excluding hydrogens is 432 g/mol. The molecular formula is C24H24N8O2. The quantitative estimate of drug-likeness (QED) is 0.363. The minimum absolute atomic E-state index is 0.541. The molecule has 0 aliphatic rings. The Kier molecular flexibility index (Phi) is 5.77. The van der Waals surface area contributed by atoms with Gasteiger partial charge in [0.2, 0.25) is 0 Å². The minimum atomic E-state index is 0.541. The molecule has 0 aliphatic carbocycles. The van der Waals surface area contributed by atoms with Crippen molar-refractivity contribution in [3.63, 3.8) is 0 Å². The van der Waals surface area contributed by atoms with E-state index in [9.17, 15) is 0 Å². The number of rotatable bonds is 8. The third-order valence-electron chi connectivity index (χ3n) is 5.74. The maximum Gasteiger partial charge on any atom is 0.183 e. The molecule has 2 aromatic carbocycles. The molecule has 0 unspecified atom stereocenters. The number of aromatic amines is 1. The van der Waals surface area contributed by atoms with Gasteiger partial charge in [-0.1, -0.05) is 12.1 Å². The molecule has 10 heteroatoms. The lowest BCUT2D eigenvalue weighted by molar-refractivity contribution is 0.416. The summed E-state index contributed by atoms with van der Waals surface area (Å²) < 4.78 is 13.3. The van der Waals surface area contributed by atoms with Gasteiger partial charge in [-0.3, -0.25) is 0 Å². The Morgan fingerprint density at radius 1 is 1.00 bits per heavy atom. The van der Waals surface area contributed by atoms with Crippen molar-refractivity contribution in [2.24, 2.45) is 0 Å². The highest BCUT2D eigenvalue weighted by Gasteiger charge is 2.13. The summed E-state index contributed by atoms with van der Waals surface area (Å²) in [4.78, 5) is 8.82. The molecule has 0 radical (unpaired) electrons. The number of ether oxygens (including phenoxy) is 2. The van der Waals surface area contributed by atoms with E-state index in [0.29, 0.717) is 18.1 Å². The summed E-state index contributed by atoms with van der Waals surface area (Å²) in [5.74, 6) is 2.82. The summed E-state index contributed by atoms with van der Waals surface area (Å²) in [7, 11) is 3.31. The first kappa shape index (κ1) is 21.4. The van der Waals surface area contributed by atoms with Crippen molar-refractivity contribution in [2.45, 2.75) is 13.5 Å². The lowest BCUT2D eigenvalue weighted by atomic mass is 10.1. The maximum atomic E-state index is 5.54. The van der Waals surface area contributed by atoms with Gasteiger partial charge in [-0.25, -0.2) is 15.1 Å². The second kappa shape index (κ2) is 9.18. The molecule has 0 aliphatic heterocycles. The number of H-pyrrole nitrogens is 1. The summed E-state index contributed by atoms with van der Waals surface area (Å²) in [6.07, 6.45) is 1.56. The van der Waals surface area contributed by atoms with Crippen LogP contribution in [-0.4, -0.2) is 55.9 Å². The topological polar surface area (TPSA) is 116 Å². The van der Waals surface area contributed by atoms with Crippen molar-refractivity contribution in [3.05, 3.63) is 60.6 Å². The summed E-state index contributed by atoms with van der Waals surface area (Å²) >= 11 is 0. The first-order valence-electron chi connectivity index (χ1n) is 10.8. The normalized spacial score (nSPS) is 11.0. The second-order valence-electron chi connectivity index (χ2n) is 7.71. The number of benzene rings is 2. The molecule has 0 bridgehead atoms. The van der Waals surface area contributed by atoms with Crippen molar-refractivity contribution in [2.75, 3.05) is 26.1 Å². The molecule has 0 atom stereocenters. The van der Waals surface area contributed by atoms with Crippen molar-refractivity contribution in [1.82, 2.24) is 35.2 Å². The van der Waals surface area contributed by atoms with Crippen LogP contribution in [0.2, 0.25) is 0 Å². The van der Waals surface area contributed by atoms with Gasteiger partial charge in [0.15, 0.2) is 5.82 Å². The van der Waals surface area contributed by atoms with Crippen molar-refractivity contribution >= 4 is 16.7 Å². The van der Waals surface area contributed by atoms with E-state index >= 15 is 0 Å². The van der Waals surface area contributed by atoms with Gasteiger partial charge in [0.25, 0.3) is 0 Å². The Labute approximate surface area is 196 Å². The summed E-state index contributed by atoms with van der Waals surface area (Å²) in [6, 6.07) is 16.0. The van der Waals surface area contributed by atoms with Gasteiger partial charge in [-0.15, -0.1) is 5.10 Å². The predicted octanol–water partition coefficient (Wildman–Crippen LogP) is 3.72. The van der Waals surface area contributed by atoms with E-state index < -0.39 is 0 Å². The SMILES string of the molecule is COc1cc(-c2cc(NCCn3c(C)cc4c(OC)cccc43)ncn2)ccc1-c1nnn[nH]1. The molecule has 0 fully saturated rings. The highest BCUT2D eigenvalue weighted by molar-refractivity contribution is 5.87. The van der Waals surface area contributed by atoms with E-state index in [-0.39, 0.29) is 0 Å². The Morgan fingerprint density at radius 2 is 1.88 bits per heavy atom. The van der Waals surface area contributed by atoms with Gasteiger partial charge in [0.05, 0.1) is 31.0 Å². The molecule has 34 heavy (non-hydrogen) atoms. The van der Waals surface area contributed by atoms with Crippen molar-refractivity contribution in [3.8, 4) is 34.1 Å². The fraction of sp³-hybridized carbons (Fsp3) is 0.208. The number of methoxy groups -OCH3 is 2. The second-order valence-corrected chi connectivity index (χ2v) is 7.71. The van der Waals surface area contributed by atoms with Crippen LogP contribution in [0.25, 0.3) is 33.5 Å². The smallest absolute Gasteiger partial charge is 0.183 e. The van der Waals surface area contributed by atoms with Gasteiger partial charge in [0, 0.05) is 35.8 Å². The first-order valence-corrected chi connectivity index (χ1v) is 10.8. The van der Waals surface area contributed by atoms with E-state index in [0.717, 1.165) is 45.8 Å². The molecule has 0 saturated carbocycles. The number of anilines is 1. The Balaban J connectivity index is 1.33. The number of aryl methyl sites for hydroxylation is 1. The fourth-order valence-electron chi connectivity index (χ4n) is 4.09. The largest absolute Gasteiger partial charge is 0.496 e. The standard InChI is InChI=1S/C24H24N8O2/c1-15-11-18-20(5-4-6-21(18)33-2)32(15)10-9-25-23-13-19(26-14-27-23)16-7-8-17(22(12-16)34-3)24-28-30-31-29-24/h4-8,11-14H,9-10H2,1-3H3,(H,25,26,27)(H,28,29,30,31). The van der Waals surface area contributed by atoms with Gasteiger partial charge in [0.1, 0.15) is 23.6 Å². The number of fused-ring (bicyclic) bond motifs is 1. The molecule has 3 heterocycles. The fourth-order valence-corrected chi connectivity index (χ4v) is 4.09. The number of tetrazole rings is 1. The number of nitrogens with one attached hydrogen (secondary N) is 2. The average Bonchev–Trinajstić information content (AvgIpc) is 3.52. The number of hydrogen-bond acceptors (Lipinski definition) is 8. The van der Waals surface area contributed by atoms with E-state index in [4.69, 9.17) is 9.47 Å². The Hall–Kier alpha value is -4.47. The van der Waals surface area contributed by atoms with Crippen molar-refractivity contribution < 1.29 is 9.47 Å². The zero-order valence-electron chi connectivity index (χ0n) is 19.1. The molecule has 2 N–H and O–H groups in total. The van der Waals surface area contributed by atoms with Crippen LogP contribution in [0, 0.1) is 6.92 Å². The van der Waals surface area contributed by atoms with Crippen LogP contribution in [0.5, 0.6) is 11.5 Å². The molecule has 10 nitrogen and oxygen atoms in total. The summed E-state index contributed by atoms with van der Waals surface area (Å²) in [6.45, 7) is 3.60. The summed E-state index contributed by atoms with van der Waals surface area (Å²) in [5, 5.41) is 18.5. The maximum absolute atomic E-state index is 5.54. The van der Waals surface area contributed by atoms with Crippen LogP contribution in [0.15, 0.2) is 54.9 Å². The molecule has 5 aromatic rings. The van der Waals surface area contributed by atoms with Crippen LogP contribution in [0.1, 0.15) is 5.69 Å². The van der Waals surface area contributed by atoms with E-state index in [1.54, 1.807) is 20.5 Å². The zero-order chi connectivity index (χ0) is 23.5. The Bertz CT molecular complexity index is 1430. The Morgan fingerprint density at radius 3 is 2.68 bits per heavy atom. The van der Waals surface area contributed by atoms with Gasteiger partial charge < -0.3 is 19.4 Å². The summed E-state index contributed by atoms with van der Waals surface area (Å²) in [5.41, 5.74) is 4.79. The molecule has 0 spiro atoms. The number of aromatic nitrogens is 7. The predicted molar refractivity (Wildman–Crippen MR) is 129 cm³/mol. The van der Waals surface area contributed by atoms with E-state index in [1.165, 1.54) is 5.69 Å². The average molecular weight is 457 g/mol. The monoisotopic (exact) mass is 456 g/mol. The molecule has 0 amide bonds. The highest BCUT2D eigenvalue weighted by atomic mass is 16.5. The van der Waals surface area contributed by atoms with Gasteiger partial charge in [-0.2, -0.15) is 0 Å². The molecule has 172 valence electrons. The lowest BCUT2D eigenvalue weighted by Crippen LogP contribution is -2.12. The number of hydrogen-bond donors (Lipinski definition) is 2. The van der Waals surface area contributed by atoms with E-state index in [1.807, 2.05) is 36.4 Å². The van der Waals surface area contributed by atoms with Crippen LogP contribution < -0.4 is 14.8 Å². The van der Waals surface area contributed by atoms with Gasteiger partial charge in [-0.05, 0) is 47.7 Å². The molecule has 0 saturated heterocycles. The van der Waals surface area contributed by atoms with Crippen LogP contribution in [-0.2, 0) is 6.54 Å². The molecule has 5 rings (SSSR count). The van der Waals surface area contributed by atoms with Crippen LogP contribution >= 0.6 is 0 Å². The molecule has 3 aromatic heterocycles. The third-order valence-corrected chi connectivity index (χ3v) is 5.74. The van der Waals surface area contributed by atoms with E-state index in [2.05, 4.69) is 59.5 Å². The highest BCUT2D eigenvalue weighted by Crippen LogP contribution is 2.32. The van der Waals surface area contributed by atoms with Crippen LogP contribution in [0.3, 0.4) is 0 Å². The van der Waals surface area contributed by atoms with Crippen LogP contribution in [0.4, 0.5) is 5.82 Å². The van der Waals surface area contributed by atoms with Gasteiger partial charge >= 0.3 is 0 Å². The minimum Gasteiger partial charge on any atom is -0.496 e. The first-order chi connectivity index (χ1) is 16.7.